The summed E-state index contributed by atoms with van der Waals surface area (Å²) >= 11 is 0. The number of hydrogen-bond acceptors (Lipinski definition) is 4. The molecule has 1 saturated heterocycles. The second kappa shape index (κ2) is 9.82. The van der Waals surface area contributed by atoms with Gasteiger partial charge in [-0.2, -0.15) is 0 Å². The van der Waals surface area contributed by atoms with Crippen LogP contribution in [0.5, 0.6) is 0 Å². The summed E-state index contributed by atoms with van der Waals surface area (Å²) in [7, 11) is 0. The van der Waals surface area contributed by atoms with Gasteiger partial charge in [0.05, 0.1) is 18.3 Å². The maximum Gasteiger partial charge on any atom is 0.241 e. The van der Waals surface area contributed by atoms with E-state index >= 15 is 0 Å². The van der Waals surface area contributed by atoms with E-state index in [0.29, 0.717) is 32.7 Å². The Bertz CT molecular complexity index is 910. The topological polar surface area (TPSA) is 64.7 Å². The molecule has 30 heavy (non-hydrogen) atoms. The fourth-order valence-electron chi connectivity index (χ4n) is 3.55. The van der Waals surface area contributed by atoms with Gasteiger partial charge >= 0.3 is 0 Å². The lowest BCUT2D eigenvalue weighted by Crippen LogP contribution is -2.53. The van der Waals surface area contributed by atoms with Crippen molar-refractivity contribution in [2.45, 2.75) is 26.8 Å². The Morgan fingerprint density at radius 2 is 1.63 bits per heavy atom. The molecular weight excluding hydrogens is 383 g/mol. The first-order chi connectivity index (χ1) is 14.3. The van der Waals surface area contributed by atoms with Gasteiger partial charge in [0.2, 0.25) is 11.8 Å². The van der Waals surface area contributed by atoms with Gasteiger partial charge in [0.15, 0.2) is 0 Å². The lowest BCUT2D eigenvalue weighted by molar-refractivity contribution is -0.122. The van der Waals surface area contributed by atoms with Gasteiger partial charge in [0.25, 0.3) is 0 Å². The van der Waals surface area contributed by atoms with E-state index in [1.807, 2.05) is 39.0 Å². The van der Waals surface area contributed by atoms with E-state index in [9.17, 15) is 14.0 Å². The van der Waals surface area contributed by atoms with Crippen molar-refractivity contribution >= 4 is 23.2 Å². The summed E-state index contributed by atoms with van der Waals surface area (Å²) in [5, 5.41) is 5.64. The van der Waals surface area contributed by atoms with Gasteiger partial charge in [-0.05, 0) is 50.1 Å². The number of rotatable bonds is 6. The quantitative estimate of drug-likeness (QED) is 0.766. The van der Waals surface area contributed by atoms with Crippen molar-refractivity contribution < 1.29 is 14.0 Å². The summed E-state index contributed by atoms with van der Waals surface area (Å²) < 4.78 is 13.8. The molecule has 0 unspecified atom stereocenters. The first-order valence-electron chi connectivity index (χ1n) is 10.2. The van der Waals surface area contributed by atoms with Gasteiger partial charge in [0, 0.05) is 31.9 Å². The Morgan fingerprint density at radius 3 is 2.33 bits per heavy atom. The molecule has 6 nitrogen and oxygen atoms in total. The Labute approximate surface area is 177 Å². The molecule has 1 atom stereocenters. The summed E-state index contributed by atoms with van der Waals surface area (Å²) in [5.74, 6) is -0.721. The number of amides is 2. The predicted molar refractivity (Wildman–Crippen MR) is 117 cm³/mol. The number of para-hydroxylation sites is 1. The van der Waals surface area contributed by atoms with Gasteiger partial charge in [-0.25, -0.2) is 4.39 Å². The minimum Gasteiger partial charge on any atom is -0.325 e. The lowest BCUT2D eigenvalue weighted by atomic mass is 10.1. The van der Waals surface area contributed by atoms with Gasteiger partial charge in [0.1, 0.15) is 5.82 Å². The summed E-state index contributed by atoms with van der Waals surface area (Å²) in [5.41, 5.74) is 3.25. The van der Waals surface area contributed by atoms with Gasteiger partial charge in [-0.1, -0.05) is 24.3 Å². The highest BCUT2D eigenvalue weighted by Crippen LogP contribution is 2.18. The molecule has 2 aromatic rings. The lowest BCUT2D eigenvalue weighted by Gasteiger charge is -2.37. The zero-order valence-corrected chi connectivity index (χ0v) is 17.7. The highest BCUT2D eigenvalue weighted by molar-refractivity contribution is 5.94. The second-order valence-electron chi connectivity index (χ2n) is 7.75. The number of aryl methyl sites for hydroxylation is 1. The molecule has 160 valence electrons. The molecule has 2 aromatic carbocycles. The number of halogens is 1. The van der Waals surface area contributed by atoms with Crippen LogP contribution in [-0.2, 0) is 9.59 Å². The van der Waals surface area contributed by atoms with Crippen molar-refractivity contribution in [2.24, 2.45) is 0 Å². The average Bonchev–Trinajstić information content (AvgIpc) is 2.73. The van der Waals surface area contributed by atoms with Gasteiger partial charge in [-0.3, -0.25) is 19.4 Å². The number of benzene rings is 2. The number of hydrogen-bond donors (Lipinski definition) is 2. The van der Waals surface area contributed by atoms with E-state index in [1.54, 1.807) is 18.2 Å². The molecule has 0 aromatic heterocycles. The zero-order valence-electron chi connectivity index (χ0n) is 17.7. The summed E-state index contributed by atoms with van der Waals surface area (Å²) in [6.45, 7) is 8.88. The number of nitrogens with one attached hydrogen (secondary N) is 2. The monoisotopic (exact) mass is 412 g/mol. The Kier molecular flexibility index (Phi) is 7.18. The van der Waals surface area contributed by atoms with Crippen molar-refractivity contribution in [2.75, 3.05) is 43.4 Å². The molecule has 2 amide bonds. The highest BCUT2D eigenvalue weighted by Gasteiger charge is 2.26. The van der Waals surface area contributed by atoms with Crippen LogP contribution in [0, 0.1) is 19.7 Å². The van der Waals surface area contributed by atoms with Gasteiger partial charge < -0.3 is 10.6 Å². The SMILES string of the molecule is Cc1cccc(NC(=O)CN2CCN([C@H](C)C(=O)Nc3ccccc3F)CC2)c1C. The van der Waals surface area contributed by atoms with Crippen LogP contribution < -0.4 is 10.6 Å². The standard InChI is InChI=1S/C23H29FN4O2/c1-16-7-6-10-20(17(16)2)25-22(29)15-27-11-13-28(14-12-27)18(3)23(30)26-21-9-5-4-8-19(21)24/h4-10,18H,11-15H2,1-3H3,(H,25,29)(H,26,30)/t18-/m1/s1. The van der Waals surface area contributed by atoms with E-state index in [1.165, 1.54) is 6.07 Å². The first kappa shape index (κ1) is 21.9. The molecule has 7 heteroatoms. The third-order valence-corrected chi connectivity index (χ3v) is 5.71. The number of piperazine rings is 1. The molecule has 0 radical (unpaired) electrons. The average molecular weight is 413 g/mol. The smallest absolute Gasteiger partial charge is 0.241 e. The van der Waals surface area contributed by atoms with Gasteiger partial charge in [-0.15, -0.1) is 0 Å². The summed E-state index contributed by atoms with van der Waals surface area (Å²) in [6.07, 6.45) is 0. The second-order valence-corrected chi connectivity index (χ2v) is 7.75. The molecule has 0 aliphatic carbocycles. The normalized spacial score (nSPS) is 16.1. The van der Waals surface area contributed by atoms with E-state index in [2.05, 4.69) is 20.4 Å². The predicted octanol–water partition coefficient (Wildman–Crippen LogP) is 3.03. The maximum absolute atomic E-state index is 13.8. The molecule has 1 heterocycles. The maximum atomic E-state index is 13.8. The number of carbonyl (C=O) groups excluding carboxylic acids is 2. The molecule has 0 saturated carbocycles. The van der Waals surface area contributed by atoms with E-state index < -0.39 is 5.82 Å². The van der Waals surface area contributed by atoms with Crippen molar-refractivity contribution in [3.05, 3.63) is 59.4 Å². The Balaban J connectivity index is 1.47. The number of nitrogens with zero attached hydrogens (tertiary/aromatic N) is 2. The summed E-state index contributed by atoms with van der Waals surface area (Å²) in [6, 6.07) is 11.6. The van der Waals surface area contributed by atoms with Crippen molar-refractivity contribution in [1.82, 2.24) is 9.80 Å². The molecule has 0 spiro atoms. The minimum atomic E-state index is -0.447. The largest absolute Gasteiger partial charge is 0.325 e. The molecule has 3 rings (SSSR count). The van der Waals surface area contributed by atoms with Crippen LogP contribution in [0.4, 0.5) is 15.8 Å². The number of anilines is 2. The first-order valence-corrected chi connectivity index (χ1v) is 10.2. The van der Waals surface area contributed by atoms with Crippen molar-refractivity contribution in [1.29, 1.82) is 0 Å². The Morgan fingerprint density at radius 1 is 0.967 bits per heavy atom. The van der Waals surface area contributed by atoms with E-state index in [4.69, 9.17) is 0 Å². The fourth-order valence-corrected chi connectivity index (χ4v) is 3.55. The van der Waals surface area contributed by atoms with Crippen LogP contribution in [0.15, 0.2) is 42.5 Å². The highest BCUT2D eigenvalue weighted by atomic mass is 19.1. The Hall–Kier alpha value is -2.77. The molecular formula is C23H29FN4O2. The fraction of sp³-hybridized carbons (Fsp3) is 0.391. The van der Waals surface area contributed by atoms with Crippen molar-refractivity contribution in [3.63, 3.8) is 0 Å². The van der Waals surface area contributed by atoms with Crippen LogP contribution >= 0.6 is 0 Å². The number of carbonyl (C=O) groups is 2. The van der Waals surface area contributed by atoms with E-state index in [-0.39, 0.29) is 23.5 Å². The van der Waals surface area contributed by atoms with Crippen LogP contribution in [0.25, 0.3) is 0 Å². The van der Waals surface area contributed by atoms with Crippen LogP contribution in [0.1, 0.15) is 18.1 Å². The third-order valence-electron chi connectivity index (χ3n) is 5.71. The summed E-state index contributed by atoms with van der Waals surface area (Å²) in [4.78, 5) is 29.1. The van der Waals surface area contributed by atoms with Crippen LogP contribution in [0.3, 0.4) is 0 Å². The molecule has 1 aliphatic rings. The molecule has 2 N–H and O–H groups in total. The van der Waals surface area contributed by atoms with Crippen LogP contribution in [-0.4, -0.2) is 60.4 Å². The molecule has 1 fully saturated rings. The van der Waals surface area contributed by atoms with E-state index in [0.717, 1.165) is 16.8 Å². The molecule has 1 aliphatic heterocycles. The third kappa shape index (κ3) is 5.43. The van der Waals surface area contributed by atoms with Crippen LogP contribution in [0.2, 0.25) is 0 Å². The zero-order chi connectivity index (χ0) is 21.7. The minimum absolute atomic E-state index is 0.0394. The molecule has 0 bridgehead atoms. The van der Waals surface area contributed by atoms with Crippen molar-refractivity contribution in [3.8, 4) is 0 Å².